The quantitative estimate of drug-likeness (QED) is 0.253. The van der Waals surface area contributed by atoms with Gasteiger partial charge in [-0.25, -0.2) is 0 Å². The number of nitrogens with one attached hydrogen (secondary N) is 1. The van der Waals surface area contributed by atoms with Crippen LogP contribution in [0.2, 0.25) is 10.0 Å². The standard InChI is InChI=1S/C32H38Cl2N2O2/c1-22(2)20-35-32(38)30(19-25-9-6-5-7-10-25)36(21-27-28(33)11-8-12-29(27)34)31(37)18-15-24-13-16-26(17-14-24)23(3)4/h5-14,16-17,22-23,30H,15,18-21H2,1-4H3,(H,35,38). The highest BCUT2D eigenvalue weighted by molar-refractivity contribution is 6.36. The van der Waals surface area contributed by atoms with E-state index in [2.05, 4.69) is 43.4 Å². The van der Waals surface area contributed by atoms with Crippen molar-refractivity contribution in [1.29, 1.82) is 0 Å². The first-order chi connectivity index (χ1) is 18.2. The van der Waals surface area contributed by atoms with Crippen molar-refractivity contribution in [2.75, 3.05) is 6.54 Å². The summed E-state index contributed by atoms with van der Waals surface area (Å²) in [6.45, 7) is 9.09. The van der Waals surface area contributed by atoms with Crippen LogP contribution in [0.4, 0.5) is 0 Å². The van der Waals surface area contributed by atoms with E-state index in [1.54, 1.807) is 23.1 Å². The summed E-state index contributed by atoms with van der Waals surface area (Å²) in [5.74, 6) is 0.437. The van der Waals surface area contributed by atoms with Crippen molar-refractivity contribution in [2.45, 2.75) is 65.5 Å². The fraction of sp³-hybridized carbons (Fsp3) is 0.375. The van der Waals surface area contributed by atoms with Crippen molar-refractivity contribution >= 4 is 35.0 Å². The van der Waals surface area contributed by atoms with E-state index in [9.17, 15) is 9.59 Å². The molecule has 0 aliphatic rings. The maximum Gasteiger partial charge on any atom is 0.243 e. The van der Waals surface area contributed by atoms with Crippen LogP contribution in [0.25, 0.3) is 0 Å². The van der Waals surface area contributed by atoms with Crippen molar-refractivity contribution in [3.8, 4) is 0 Å². The Bertz CT molecular complexity index is 1170. The average molecular weight is 554 g/mol. The van der Waals surface area contributed by atoms with Gasteiger partial charge in [-0.2, -0.15) is 0 Å². The second kappa shape index (κ2) is 14.4. The van der Waals surface area contributed by atoms with Crippen LogP contribution in [0.5, 0.6) is 0 Å². The number of aryl methyl sites for hydroxylation is 1. The van der Waals surface area contributed by atoms with E-state index in [4.69, 9.17) is 23.2 Å². The summed E-state index contributed by atoms with van der Waals surface area (Å²) in [5.41, 5.74) is 3.96. The first-order valence-corrected chi connectivity index (χ1v) is 14.0. The second-order valence-electron chi connectivity index (χ2n) is 10.5. The zero-order chi connectivity index (χ0) is 27.7. The molecule has 1 unspecified atom stereocenters. The van der Waals surface area contributed by atoms with Gasteiger partial charge in [-0.1, -0.05) is 112 Å². The molecule has 0 aliphatic carbocycles. The van der Waals surface area contributed by atoms with Gasteiger partial charge in [0.1, 0.15) is 6.04 Å². The van der Waals surface area contributed by atoms with E-state index < -0.39 is 6.04 Å². The predicted octanol–water partition coefficient (Wildman–Crippen LogP) is 7.46. The summed E-state index contributed by atoms with van der Waals surface area (Å²) in [5, 5.41) is 3.99. The Morgan fingerprint density at radius 2 is 1.45 bits per heavy atom. The van der Waals surface area contributed by atoms with Crippen molar-refractivity contribution in [3.63, 3.8) is 0 Å². The Morgan fingerprint density at radius 1 is 0.816 bits per heavy atom. The average Bonchev–Trinajstić information content (AvgIpc) is 2.90. The van der Waals surface area contributed by atoms with Crippen molar-refractivity contribution in [2.24, 2.45) is 5.92 Å². The van der Waals surface area contributed by atoms with E-state index in [0.29, 0.717) is 40.9 Å². The maximum atomic E-state index is 13.9. The number of rotatable bonds is 12. The van der Waals surface area contributed by atoms with Gasteiger partial charge in [-0.05, 0) is 47.1 Å². The van der Waals surface area contributed by atoms with Gasteiger partial charge in [0.25, 0.3) is 0 Å². The van der Waals surface area contributed by atoms with Gasteiger partial charge >= 0.3 is 0 Å². The summed E-state index contributed by atoms with van der Waals surface area (Å²) < 4.78 is 0. The third-order valence-corrected chi connectivity index (χ3v) is 7.33. The summed E-state index contributed by atoms with van der Waals surface area (Å²) in [7, 11) is 0. The molecule has 1 N–H and O–H groups in total. The van der Waals surface area contributed by atoms with Crippen molar-refractivity contribution in [1.82, 2.24) is 10.2 Å². The van der Waals surface area contributed by atoms with Gasteiger partial charge in [0, 0.05) is 41.5 Å². The van der Waals surface area contributed by atoms with Crippen LogP contribution >= 0.6 is 23.2 Å². The molecule has 0 heterocycles. The Hall–Kier alpha value is -2.82. The molecule has 0 bridgehead atoms. The van der Waals surface area contributed by atoms with Crippen LogP contribution in [0.15, 0.2) is 72.8 Å². The molecule has 0 aromatic heterocycles. The third kappa shape index (κ3) is 8.61. The minimum Gasteiger partial charge on any atom is -0.354 e. The third-order valence-electron chi connectivity index (χ3n) is 6.62. The number of benzene rings is 3. The van der Waals surface area contributed by atoms with Crippen LogP contribution in [0.3, 0.4) is 0 Å². The minimum absolute atomic E-state index is 0.116. The van der Waals surface area contributed by atoms with Crippen LogP contribution in [0.1, 0.15) is 62.3 Å². The summed E-state index contributed by atoms with van der Waals surface area (Å²) in [4.78, 5) is 29.1. The molecule has 38 heavy (non-hydrogen) atoms. The Balaban J connectivity index is 1.92. The number of hydrogen-bond acceptors (Lipinski definition) is 2. The number of amides is 2. The van der Waals surface area contributed by atoms with Crippen molar-refractivity contribution < 1.29 is 9.59 Å². The van der Waals surface area contributed by atoms with E-state index >= 15 is 0 Å². The molecule has 0 radical (unpaired) electrons. The normalized spacial score (nSPS) is 12.0. The molecule has 0 saturated heterocycles. The SMILES string of the molecule is CC(C)CNC(=O)C(Cc1ccccc1)N(Cc1c(Cl)cccc1Cl)C(=O)CCc1ccc(C(C)C)cc1. The van der Waals surface area contributed by atoms with Crippen LogP contribution < -0.4 is 5.32 Å². The number of nitrogens with zero attached hydrogens (tertiary/aromatic N) is 1. The van der Waals surface area contributed by atoms with Crippen molar-refractivity contribution in [3.05, 3.63) is 105 Å². The Kier molecular flexibility index (Phi) is 11.2. The molecular formula is C32H38Cl2N2O2. The zero-order valence-corrected chi connectivity index (χ0v) is 24.2. The molecule has 0 saturated carbocycles. The minimum atomic E-state index is -0.709. The highest BCUT2D eigenvalue weighted by Crippen LogP contribution is 2.28. The Labute approximate surface area is 237 Å². The van der Waals surface area contributed by atoms with Gasteiger partial charge in [-0.3, -0.25) is 9.59 Å². The zero-order valence-electron chi connectivity index (χ0n) is 22.7. The first kappa shape index (κ1) is 29.7. The van der Waals surface area contributed by atoms with E-state index in [1.807, 2.05) is 44.2 Å². The van der Waals surface area contributed by atoms with Gasteiger partial charge in [-0.15, -0.1) is 0 Å². The van der Waals surface area contributed by atoms with E-state index in [0.717, 1.165) is 11.1 Å². The topological polar surface area (TPSA) is 49.4 Å². The van der Waals surface area contributed by atoms with Gasteiger partial charge < -0.3 is 10.2 Å². The molecule has 3 aromatic rings. The number of hydrogen-bond donors (Lipinski definition) is 1. The smallest absolute Gasteiger partial charge is 0.243 e. The lowest BCUT2D eigenvalue weighted by Crippen LogP contribution is -2.51. The molecule has 3 aromatic carbocycles. The lowest BCUT2D eigenvalue weighted by atomic mass is 9.99. The first-order valence-electron chi connectivity index (χ1n) is 13.3. The highest BCUT2D eigenvalue weighted by atomic mass is 35.5. The predicted molar refractivity (Wildman–Crippen MR) is 158 cm³/mol. The Morgan fingerprint density at radius 3 is 2.03 bits per heavy atom. The molecule has 3 rings (SSSR count). The molecule has 1 atom stereocenters. The van der Waals surface area contributed by atoms with Gasteiger partial charge in [0.05, 0.1) is 0 Å². The molecule has 0 aliphatic heterocycles. The molecule has 202 valence electrons. The fourth-order valence-corrected chi connectivity index (χ4v) is 4.81. The lowest BCUT2D eigenvalue weighted by Gasteiger charge is -2.32. The fourth-order valence-electron chi connectivity index (χ4n) is 4.29. The monoisotopic (exact) mass is 552 g/mol. The summed E-state index contributed by atoms with van der Waals surface area (Å²) in [6, 6.07) is 22.7. The van der Waals surface area contributed by atoms with E-state index in [-0.39, 0.29) is 30.7 Å². The molecule has 0 spiro atoms. The lowest BCUT2D eigenvalue weighted by molar-refractivity contribution is -0.141. The summed E-state index contributed by atoms with van der Waals surface area (Å²) >= 11 is 13.0. The van der Waals surface area contributed by atoms with Gasteiger partial charge in [0.2, 0.25) is 11.8 Å². The van der Waals surface area contributed by atoms with Crippen LogP contribution in [-0.2, 0) is 29.0 Å². The highest BCUT2D eigenvalue weighted by Gasteiger charge is 2.31. The number of carbonyl (C=O) groups is 2. The molecule has 6 heteroatoms. The second-order valence-corrected chi connectivity index (χ2v) is 11.3. The molecule has 4 nitrogen and oxygen atoms in total. The number of halogens is 2. The molecule has 2 amide bonds. The summed E-state index contributed by atoms with van der Waals surface area (Å²) in [6.07, 6.45) is 1.24. The maximum absolute atomic E-state index is 13.9. The largest absolute Gasteiger partial charge is 0.354 e. The van der Waals surface area contributed by atoms with E-state index in [1.165, 1.54) is 5.56 Å². The van der Waals surface area contributed by atoms with Gasteiger partial charge in [0.15, 0.2) is 0 Å². The number of carbonyl (C=O) groups excluding carboxylic acids is 2. The molecular weight excluding hydrogens is 515 g/mol. The van der Waals surface area contributed by atoms with Crippen LogP contribution in [-0.4, -0.2) is 29.3 Å². The van der Waals surface area contributed by atoms with Crippen LogP contribution in [0, 0.1) is 5.92 Å². The molecule has 0 fully saturated rings.